The summed E-state index contributed by atoms with van der Waals surface area (Å²) < 4.78 is 8.64. The Morgan fingerprint density at radius 1 is 0.311 bits per heavy atom. The minimum absolute atomic E-state index is 0.882. The molecule has 0 saturated heterocycles. The third-order valence-electron chi connectivity index (χ3n) is 12.2. The SMILES string of the molecule is c1ccc(-n2c3ccccc3c3ccccc32)c(-c2ccc(-c3ccc(N(c4ccc(-c5cccc6ccccc56)cc4)c4ccc5oc6ccccc6c5c4)cc3)cc2)c1. The molecule has 0 radical (unpaired) electrons. The fourth-order valence-electron chi connectivity index (χ4n) is 9.31. The van der Waals surface area contributed by atoms with Gasteiger partial charge in [-0.2, -0.15) is 0 Å². The fourth-order valence-corrected chi connectivity index (χ4v) is 9.31. The van der Waals surface area contributed by atoms with E-state index < -0.39 is 0 Å². The van der Waals surface area contributed by atoms with Gasteiger partial charge in [0.1, 0.15) is 11.2 Å². The molecule has 0 amide bonds. The van der Waals surface area contributed by atoms with Crippen molar-refractivity contribution in [2.75, 3.05) is 4.90 Å². The van der Waals surface area contributed by atoms with Gasteiger partial charge in [0.2, 0.25) is 0 Å². The van der Waals surface area contributed by atoms with Crippen LogP contribution in [0.5, 0.6) is 0 Å². The highest BCUT2D eigenvalue weighted by Crippen LogP contribution is 2.41. The van der Waals surface area contributed by atoms with Gasteiger partial charge in [0.05, 0.1) is 16.7 Å². The van der Waals surface area contributed by atoms with Gasteiger partial charge in [-0.25, -0.2) is 0 Å². The fraction of sp³-hybridized carbons (Fsp3) is 0. The number of benzene rings is 10. The van der Waals surface area contributed by atoms with Crippen molar-refractivity contribution in [3.05, 3.63) is 231 Å². The predicted molar refractivity (Wildman–Crippen MR) is 257 cm³/mol. The van der Waals surface area contributed by atoms with Crippen LogP contribution in [0.2, 0.25) is 0 Å². The average Bonchev–Trinajstić information content (AvgIpc) is 3.88. The highest BCUT2D eigenvalue weighted by Gasteiger charge is 2.18. The molecule has 0 fully saturated rings. The summed E-state index contributed by atoms with van der Waals surface area (Å²) >= 11 is 0. The molecule has 0 aliphatic carbocycles. The van der Waals surface area contributed by atoms with E-state index >= 15 is 0 Å². The molecule has 2 aromatic heterocycles. The largest absolute Gasteiger partial charge is 0.456 e. The molecule has 0 aliphatic rings. The lowest BCUT2D eigenvalue weighted by Gasteiger charge is -2.26. The molecule has 0 N–H and O–H groups in total. The van der Waals surface area contributed by atoms with Gasteiger partial charge in [-0.1, -0.05) is 164 Å². The highest BCUT2D eigenvalue weighted by molar-refractivity contribution is 6.10. The molecule has 0 unspecified atom stereocenters. The number of rotatable bonds is 7. The second-order valence-corrected chi connectivity index (χ2v) is 15.7. The normalized spacial score (nSPS) is 11.6. The number of aromatic nitrogens is 1. The van der Waals surface area contributed by atoms with E-state index in [2.05, 4.69) is 228 Å². The Morgan fingerprint density at radius 2 is 0.787 bits per heavy atom. The van der Waals surface area contributed by atoms with Crippen molar-refractivity contribution in [1.29, 1.82) is 0 Å². The Kier molecular flexibility index (Phi) is 8.17. The lowest BCUT2D eigenvalue weighted by molar-refractivity contribution is 0.669. The summed E-state index contributed by atoms with van der Waals surface area (Å²) in [4.78, 5) is 2.34. The Balaban J connectivity index is 0.909. The Morgan fingerprint density at radius 3 is 1.51 bits per heavy atom. The molecule has 0 spiro atoms. The molecule has 2 heterocycles. The maximum Gasteiger partial charge on any atom is 0.135 e. The van der Waals surface area contributed by atoms with Gasteiger partial charge in [-0.15, -0.1) is 0 Å². The number of para-hydroxylation sites is 4. The molecule has 0 atom stereocenters. The summed E-state index contributed by atoms with van der Waals surface area (Å²) in [6.07, 6.45) is 0. The van der Waals surface area contributed by atoms with Crippen LogP contribution in [0.25, 0.3) is 93.6 Å². The molecule has 12 aromatic rings. The van der Waals surface area contributed by atoms with Gasteiger partial charge in [0, 0.05) is 44.2 Å². The number of furan rings is 1. The van der Waals surface area contributed by atoms with Crippen LogP contribution in [-0.4, -0.2) is 4.57 Å². The van der Waals surface area contributed by atoms with Gasteiger partial charge in [0.25, 0.3) is 0 Å². The van der Waals surface area contributed by atoms with Crippen molar-refractivity contribution in [3.63, 3.8) is 0 Å². The van der Waals surface area contributed by atoms with Crippen LogP contribution in [0.15, 0.2) is 235 Å². The molecule has 3 heteroatoms. The summed E-state index contributed by atoms with van der Waals surface area (Å²) in [5, 5.41) is 7.23. The molecule has 12 rings (SSSR count). The summed E-state index contributed by atoms with van der Waals surface area (Å²) in [6, 6.07) is 82.9. The molecule has 10 aromatic carbocycles. The van der Waals surface area contributed by atoms with Crippen LogP contribution >= 0.6 is 0 Å². The zero-order valence-electron chi connectivity index (χ0n) is 33.2. The maximum atomic E-state index is 6.24. The van der Waals surface area contributed by atoms with Crippen LogP contribution in [0.4, 0.5) is 17.1 Å². The van der Waals surface area contributed by atoms with E-state index in [-0.39, 0.29) is 0 Å². The van der Waals surface area contributed by atoms with Crippen molar-refractivity contribution < 1.29 is 4.42 Å². The lowest BCUT2D eigenvalue weighted by Crippen LogP contribution is -2.09. The predicted octanol–water partition coefficient (Wildman–Crippen LogP) is 16.3. The number of anilines is 3. The Labute approximate surface area is 353 Å². The first kappa shape index (κ1) is 34.9. The van der Waals surface area contributed by atoms with Crippen molar-refractivity contribution in [2.24, 2.45) is 0 Å². The molecule has 61 heavy (non-hydrogen) atoms. The second kappa shape index (κ2) is 14.3. The van der Waals surface area contributed by atoms with Gasteiger partial charge in [-0.3, -0.25) is 0 Å². The summed E-state index contributed by atoms with van der Waals surface area (Å²) in [5.74, 6) is 0. The van der Waals surface area contributed by atoms with Crippen LogP contribution in [0.1, 0.15) is 0 Å². The third-order valence-corrected chi connectivity index (χ3v) is 12.2. The van der Waals surface area contributed by atoms with Crippen LogP contribution in [0.3, 0.4) is 0 Å². The number of hydrogen-bond donors (Lipinski definition) is 0. The average molecular weight is 779 g/mol. The van der Waals surface area contributed by atoms with Gasteiger partial charge < -0.3 is 13.9 Å². The van der Waals surface area contributed by atoms with Crippen molar-refractivity contribution in [1.82, 2.24) is 4.57 Å². The third kappa shape index (κ3) is 5.90. The highest BCUT2D eigenvalue weighted by atomic mass is 16.3. The zero-order valence-corrected chi connectivity index (χ0v) is 33.2. The summed E-state index contributed by atoms with van der Waals surface area (Å²) in [6.45, 7) is 0. The number of hydrogen-bond acceptors (Lipinski definition) is 2. The van der Waals surface area contributed by atoms with E-state index in [1.54, 1.807) is 0 Å². The van der Waals surface area contributed by atoms with Crippen LogP contribution in [0, 0.1) is 0 Å². The van der Waals surface area contributed by atoms with E-state index in [1.165, 1.54) is 66.1 Å². The molecule has 3 nitrogen and oxygen atoms in total. The first-order chi connectivity index (χ1) is 30.2. The van der Waals surface area contributed by atoms with Gasteiger partial charge >= 0.3 is 0 Å². The Bertz CT molecular complexity index is 3520. The quantitative estimate of drug-likeness (QED) is 0.161. The maximum absolute atomic E-state index is 6.24. The molecule has 0 saturated carbocycles. The summed E-state index contributed by atoms with van der Waals surface area (Å²) in [7, 11) is 0. The van der Waals surface area contributed by atoms with Gasteiger partial charge in [0.15, 0.2) is 0 Å². The topological polar surface area (TPSA) is 21.3 Å². The smallest absolute Gasteiger partial charge is 0.135 e. The van der Waals surface area contributed by atoms with E-state index in [4.69, 9.17) is 4.42 Å². The van der Waals surface area contributed by atoms with Crippen molar-refractivity contribution in [3.8, 4) is 39.1 Å². The van der Waals surface area contributed by atoms with Crippen molar-refractivity contribution >= 4 is 71.6 Å². The first-order valence-electron chi connectivity index (χ1n) is 20.8. The second-order valence-electron chi connectivity index (χ2n) is 15.7. The molecule has 286 valence electrons. The van der Waals surface area contributed by atoms with Crippen molar-refractivity contribution in [2.45, 2.75) is 0 Å². The van der Waals surface area contributed by atoms with E-state index in [0.29, 0.717) is 0 Å². The lowest BCUT2D eigenvalue weighted by atomic mass is 9.98. The molecular formula is C58H38N2O. The van der Waals surface area contributed by atoms with E-state index in [0.717, 1.165) is 44.6 Å². The monoisotopic (exact) mass is 778 g/mol. The first-order valence-corrected chi connectivity index (χ1v) is 20.8. The number of fused-ring (bicyclic) bond motifs is 7. The van der Waals surface area contributed by atoms with Crippen LogP contribution < -0.4 is 4.90 Å². The summed E-state index contributed by atoms with van der Waals surface area (Å²) in [5.41, 5.74) is 15.7. The van der Waals surface area contributed by atoms with E-state index in [1.807, 2.05) is 12.1 Å². The molecule has 0 bridgehead atoms. The minimum Gasteiger partial charge on any atom is -0.456 e. The van der Waals surface area contributed by atoms with Crippen LogP contribution in [-0.2, 0) is 0 Å². The zero-order chi connectivity index (χ0) is 40.3. The molecular weight excluding hydrogens is 741 g/mol. The van der Waals surface area contributed by atoms with Gasteiger partial charge in [-0.05, 0) is 105 Å². The minimum atomic E-state index is 0.882. The Hall–Kier alpha value is -8.14. The standard InChI is InChI=1S/C58H38N2O/c1-2-14-47-41(12-1)13-11-19-48(47)42-30-34-45(35-31-42)59(46-36-37-58-53(38-46)52-18-6-10-23-57(52)61-58)44-32-28-40(29-33-44)39-24-26-43(27-25-39)49-15-3-7-20-54(49)60-55-21-8-4-16-50(55)51-17-5-9-22-56(51)60/h1-38H. The molecule has 0 aliphatic heterocycles. The number of nitrogens with zero attached hydrogens (tertiary/aromatic N) is 2. The van der Waals surface area contributed by atoms with E-state index in [9.17, 15) is 0 Å².